The van der Waals surface area contributed by atoms with Gasteiger partial charge < -0.3 is 9.84 Å². The van der Waals surface area contributed by atoms with Gasteiger partial charge in [-0.3, -0.25) is 4.79 Å². The molecule has 1 aliphatic heterocycles. The normalized spacial score (nSPS) is 26.3. The maximum Gasteiger partial charge on any atom is 0.521 e. The molecule has 7 heteroatoms. The molecule has 0 spiro atoms. The van der Waals surface area contributed by atoms with Gasteiger partial charge in [0.05, 0.1) is 13.0 Å². The Morgan fingerprint density at radius 1 is 1.35 bits per heavy atom. The molecule has 1 fully saturated rings. The predicted octanol–water partition coefficient (Wildman–Crippen LogP) is 3.51. The van der Waals surface area contributed by atoms with E-state index in [0.29, 0.717) is 17.9 Å². The molecule has 1 aromatic rings. The molecule has 2 rings (SSSR count). The molecule has 1 aromatic carbocycles. The molecule has 4 atom stereocenters. The van der Waals surface area contributed by atoms with Gasteiger partial charge in [-0.25, -0.2) is 4.79 Å². The Bertz CT molecular complexity index is 707. The topological polar surface area (TPSA) is 80.7 Å². The maximum absolute atomic E-state index is 13.1. The smallest absolute Gasteiger partial charge is 0.496 e. The molecule has 0 aliphatic carbocycles. The van der Waals surface area contributed by atoms with E-state index in [2.05, 4.69) is 0 Å². The molecular weight excluding hydrogens is 354 g/mol. The molecule has 2 amide bonds. The number of quaternary nitrogens is 1. The highest BCUT2D eigenvalue weighted by molar-refractivity contribution is 8.13. The number of thioether (sulfide) groups is 1. The van der Waals surface area contributed by atoms with Crippen LogP contribution < -0.4 is 4.74 Å². The lowest BCUT2D eigenvalue weighted by atomic mass is 9.96. The summed E-state index contributed by atoms with van der Waals surface area (Å²) in [6.07, 6.45) is -0.537. The first-order valence-corrected chi connectivity index (χ1v) is 9.64. The number of amides is 2. The number of hydrogen-bond donors (Lipinski definition) is 1. The maximum atomic E-state index is 13.1. The summed E-state index contributed by atoms with van der Waals surface area (Å²) in [4.78, 5) is 36.5. The van der Waals surface area contributed by atoms with E-state index in [-0.39, 0.29) is 29.5 Å². The summed E-state index contributed by atoms with van der Waals surface area (Å²) in [6, 6.07) is 7.19. The van der Waals surface area contributed by atoms with Crippen molar-refractivity contribution in [1.82, 2.24) is 0 Å². The lowest BCUT2D eigenvalue weighted by molar-refractivity contribution is -0.794. The van der Waals surface area contributed by atoms with Crippen LogP contribution in [0, 0.1) is 5.92 Å². The van der Waals surface area contributed by atoms with Crippen LogP contribution in [0.4, 0.5) is 4.79 Å². The van der Waals surface area contributed by atoms with E-state index in [4.69, 9.17) is 4.74 Å². The fourth-order valence-electron chi connectivity index (χ4n) is 3.80. The minimum absolute atomic E-state index is 0.0751. The zero-order chi connectivity index (χ0) is 19.5. The van der Waals surface area contributed by atoms with E-state index in [1.165, 1.54) is 6.92 Å². The van der Waals surface area contributed by atoms with E-state index in [0.717, 1.165) is 17.3 Å². The predicted molar refractivity (Wildman–Crippen MR) is 100 cm³/mol. The average molecular weight is 380 g/mol. The zero-order valence-corrected chi connectivity index (χ0v) is 16.4. The van der Waals surface area contributed by atoms with Crippen molar-refractivity contribution in [1.29, 1.82) is 0 Å². The van der Waals surface area contributed by atoms with Crippen molar-refractivity contribution in [2.75, 3.05) is 19.4 Å². The van der Waals surface area contributed by atoms with Crippen molar-refractivity contribution in [3.8, 4) is 5.75 Å². The van der Waals surface area contributed by atoms with Crippen LogP contribution in [0.25, 0.3) is 0 Å². The van der Waals surface area contributed by atoms with Crippen LogP contribution in [0.5, 0.6) is 5.75 Å². The molecule has 2 unspecified atom stereocenters. The van der Waals surface area contributed by atoms with Gasteiger partial charge in [0.15, 0.2) is 5.12 Å². The monoisotopic (exact) mass is 380 g/mol. The quantitative estimate of drug-likeness (QED) is 0.788. The van der Waals surface area contributed by atoms with Crippen LogP contribution in [-0.4, -0.2) is 52.2 Å². The molecule has 0 bridgehead atoms. The number of hydrogen-bond acceptors (Lipinski definition) is 5. The van der Waals surface area contributed by atoms with Crippen LogP contribution in [-0.2, 0) is 9.59 Å². The first-order chi connectivity index (χ1) is 12.2. The molecule has 0 saturated carbocycles. The van der Waals surface area contributed by atoms with Crippen LogP contribution in [0.1, 0.15) is 38.7 Å². The van der Waals surface area contributed by atoms with Gasteiger partial charge in [0.25, 0.3) is 0 Å². The van der Waals surface area contributed by atoms with Crippen LogP contribution >= 0.6 is 11.8 Å². The van der Waals surface area contributed by atoms with Gasteiger partial charge in [0.2, 0.25) is 0 Å². The Kier molecular flexibility index (Phi) is 6.47. The van der Waals surface area contributed by atoms with Crippen molar-refractivity contribution in [2.24, 2.45) is 5.92 Å². The van der Waals surface area contributed by atoms with E-state index < -0.39 is 16.5 Å². The van der Waals surface area contributed by atoms with Gasteiger partial charge in [-0.2, -0.15) is 9.28 Å². The van der Waals surface area contributed by atoms with E-state index in [1.54, 1.807) is 14.0 Å². The first kappa shape index (κ1) is 20.5. The van der Waals surface area contributed by atoms with Gasteiger partial charge in [-0.1, -0.05) is 30.0 Å². The molecule has 6 nitrogen and oxygen atoms in total. The molecule has 1 aliphatic rings. The molecule has 142 valence electrons. The fraction of sp³-hybridized carbons (Fsp3) is 0.526. The number of benzene rings is 1. The highest BCUT2D eigenvalue weighted by Gasteiger charge is 2.57. The zero-order valence-electron chi connectivity index (χ0n) is 15.6. The summed E-state index contributed by atoms with van der Waals surface area (Å²) in [5.74, 6) is 0.0830. The number of ether oxygens (including phenoxy) is 1. The summed E-state index contributed by atoms with van der Waals surface area (Å²) in [5, 5.41) is 9.89. The second kappa shape index (κ2) is 8.22. The average Bonchev–Trinajstić information content (AvgIpc) is 2.97. The van der Waals surface area contributed by atoms with E-state index in [9.17, 15) is 19.5 Å². The van der Waals surface area contributed by atoms with Crippen LogP contribution in [0.15, 0.2) is 24.3 Å². The third-order valence-corrected chi connectivity index (χ3v) is 6.23. The molecule has 1 saturated heterocycles. The van der Waals surface area contributed by atoms with Crippen molar-refractivity contribution in [2.45, 2.75) is 39.2 Å². The number of carbonyl (C=O) groups excluding carboxylic acids is 2. The number of para-hydroxylation sites is 1. The Morgan fingerprint density at radius 3 is 2.58 bits per heavy atom. The number of likely N-dealkylation sites (tertiary alicyclic amines) is 1. The minimum atomic E-state index is -1.13. The third-order valence-electron chi connectivity index (χ3n) is 5.16. The van der Waals surface area contributed by atoms with Crippen molar-refractivity contribution < 1.29 is 28.7 Å². The van der Waals surface area contributed by atoms with Gasteiger partial charge in [0, 0.05) is 30.6 Å². The third kappa shape index (κ3) is 3.78. The molecule has 1 N–H and O–H groups in total. The summed E-state index contributed by atoms with van der Waals surface area (Å²) < 4.78 is 4.82. The van der Waals surface area contributed by atoms with E-state index >= 15 is 0 Å². The molecule has 0 radical (unpaired) electrons. The van der Waals surface area contributed by atoms with Gasteiger partial charge in [0.1, 0.15) is 18.3 Å². The van der Waals surface area contributed by atoms with Gasteiger partial charge in [-0.15, -0.1) is 0 Å². The lowest BCUT2D eigenvalue weighted by Gasteiger charge is -2.32. The van der Waals surface area contributed by atoms with Crippen LogP contribution in [0.3, 0.4) is 0 Å². The highest BCUT2D eigenvalue weighted by Crippen LogP contribution is 2.42. The number of carboxylic acid groups (broad SMARTS) is 1. The Hall–Kier alpha value is -1.86. The Balaban J connectivity index is 2.32. The van der Waals surface area contributed by atoms with Crippen LogP contribution in [0.2, 0.25) is 0 Å². The number of imide groups is 1. The Morgan fingerprint density at radius 2 is 2.00 bits per heavy atom. The molecular formula is C19H26NO5S+. The largest absolute Gasteiger partial charge is 0.521 e. The number of methoxy groups -OCH3 is 1. The van der Waals surface area contributed by atoms with Gasteiger partial charge >= 0.3 is 12.0 Å². The second-order valence-electron chi connectivity index (χ2n) is 6.90. The lowest BCUT2D eigenvalue weighted by Crippen LogP contribution is -2.60. The standard InChI is InChI=1S/C19H25NO5S/c1-12(11-26-14(3)21)18(22)20(19(23)24)10-15(9-13(20)2)16-7-5-6-8-17(16)25-4/h5-8,12-13,15H,9-11H2,1-4H3/p+1/t12?,13?,15-,20-/m0/s1. The number of carbonyl (C=O) groups is 3. The molecule has 1 heterocycles. The van der Waals surface area contributed by atoms with Crippen molar-refractivity contribution in [3.05, 3.63) is 29.8 Å². The summed E-state index contributed by atoms with van der Waals surface area (Å²) in [6.45, 7) is 5.15. The first-order valence-electron chi connectivity index (χ1n) is 8.66. The van der Waals surface area contributed by atoms with Crippen molar-refractivity contribution >= 4 is 28.9 Å². The molecule has 26 heavy (non-hydrogen) atoms. The minimum Gasteiger partial charge on any atom is -0.496 e. The highest BCUT2D eigenvalue weighted by atomic mass is 32.2. The second-order valence-corrected chi connectivity index (χ2v) is 8.10. The SMILES string of the molecule is COc1ccccc1[C@H]1CC(C)[N@+](C(=O)O)(C(=O)C(C)CSC(C)=O)C1. The van der Waals surface area contributed by atoms with Gasteiger partial charge in [-0.05, 0) is 19.9 Å². The number of rotatable bonds is 5. The molecule has 0 aromatic heterocycles. The fourth-order valence-corrected chi connectivity index (χ4v) is 4.43. The summed E-state index contributed by atoms with van der Waals surface area (Å²) in [5.41, 5.74) is 0.932. The van der Waals surface area contributed by atoms with Crippen molar-refractivity contribution in [3.63, 3.8) is 0 Å². The Labute approximate surface area is 158 Å². The van der Waals surface area contributed by atoms with E-state index in [1.807, 2.05) is 31.2 Å². The summed E-state index contributed by atoms with van der Waals surface area (Å²) in [7, 11) is 1.59. The summed E-state index contributed by atoms with van der Waals surface area (Å²) >= 11 is 1.06. The number of nitrogens with zero attached hydrogens (tertiary/aromatic N) is 1.